The van der Waals surface area contributed by atoms with Crippen LogP contribution in [-0.2, 0) is 12.6 Å². The average molecular weight is 358 g/mol. The second-order valence-corrected chi connectivity index (χ2v) is 3.14. The Morgan fingerprint density at radius 1 is 1.47 bits per heavy atom. The summed E-state index contributed by atoms with van der Waals surface area (Å²) < 4.78 is 12.9. The number of halogens is 1. The van der Waals surface area contributed by atoms with Crippen molar-refractivity contribution < 1.29 is 45.2 Å². The molecule has 84 valence electrons. The molecule has 0 unspecified atom stereocenters. The first-order chi connectivity index (χ1) is 6.67. The third-order valence-electron chi connectivity index (χ3n) is 1.55. The fourth-order valence-electron chi connectivity index (χ4n) is 0.773. The largest absolute Gasteiger partial charge is 0.793 e. The predicted octanol–water partition coefficient (Wildman–Crippen LogP) is 2.99. The Kier molecular flexibility index (Phi) is 13.2. The maximum Gasteiger partial charge on any atom is 0.0384 e. The quantitative estimate of drug-likeness (QED) is 0.645. The minimum atomic E-state index is -0.273. The van der Waals surface area contributed by atoms with E-state index in [1.54, 1.807) is 25.2 Å². The van der Waals surface area contributed by atoms with Crippen LogP contribution in [0.15, 0.2) is 18.2 Å². The molecule has 0 saturated carbocycles. The van der Waals surface area contributed by atoms with E-state index in [0.717, 1.165) is 12.2 Å². The van der Waals surface area contributed by atoms with Crippen molar-refractivity contribution in [2.24, 2.45) is 0 Å². The van der Waals surface area contributed by atoms with Crippen LogP contribution >= 0.6 is 0 Å². The Labute approximate surface area is 130 Å². The van der Waals surface area contributed by atoms with Crippen molar-refractivity contribution >= 4 is 18.3 Å². The summed E-state index contributed by atoms with van der Waals surface area (Å²) in [5, 5.41) is 2.72. The van der Waals surface area contributed by atoms with Gasteiger partial charge >= 0.3 is 0 Å². The van der Waals surface area contributed by atoms with Gasteiger partial charge in [-0.3, -0.25) is 4.39 Å². The van der Waals surface area contributed by atoms with Gasteiger partial charge < -0.3 is 17.9 Å². The number of hydrogen-bond acceptors (Lipinski definition) is 2. The molecule has 1 aromatic rings. The van der Waals surface area contributed by atoms with E-state index in [4.69, 9.17) is 0 Å². The number of nitrogens with one attached hydrogen (secondary N) is 1. The molecular weight excluding hydrogens is 341 g/mol. The topological polar surface area (TPSA) is 12.0 Å². The van der Waals surface area contributed by atoms with E-state index >= 15 is 0 Å². The van der Waals surface area contributed by atoms with Gasteiger partial charge in [0, 0.05) is 59.4 Å². The van der Waals surface area contributed by atoms with Crippen LogP contribution in [0.25, 0.3) is 0 Å². The molecule has 0 saturated heterocycles. The van der Waals surface area contributed by atoms with Gasteiger partial charge in [0.05, 0.1) is 0 Å². The van der Waals surface area contributed by atoms with Gasteiger partial charge in [-0.2, -0.15) is 24.3 Å². The van der Waals surface area contributed by atoms with Gasteiger partial charge in [0.2, 0.25) is 0 Å². The van der Waals surface area contributed by atoms with Crippen LogP contribution < -0.4 is 5.32 Å². The molecule has 0 atom stereocenters. The van der Waals surface area contributed by atoms with Crippen LogP contribution in [0.4, 0.5) is 10.1 Å². The van der Waals surface area contributed by atoms with E-state index in [-0.39, 0.29) is 46.7 Å². The van der Waals surface area contributed by atoms with E-state index in [9.17, 15) is 4.39 Å². The van der Waals surface area contributed by atoms with Crippen molar-refractivity contribution in [3.8, 4) is 0 Å². The molecule has 1 N–H and O–H groups in total. The Bertz CT molecular complexity index is 267. The second-order valence-electron chi connectivity index (χ2n) is 2.73. The molecular formula is C11H16FNNdS-2. The monoisotopic (exact) mass is 355 g/mol. The van der Waals surface area contributed by atoms with E-state index in [1.165, 1.54) is 0 Å². The van der Waals surface area contributed by atoms with Gasteiger partial charge in [0.1, 0.15) is 0 Å². The molecule has 0 bridgehead atoms. The van der Waals surface area contributed by atoms with Crippen LogP contribution in [0.5, 0.6) is 0 Å². The first-order valence-electron chi connectivity index (χ1n) is 4.53. The third-order valence-corrected chi connectivity index (χ3v) is 1.96. The van der Waals surface area contributed by atoms with Gasteiger partial charge in [0.15, 0.2) is 0 Å². The molecule has 0 aliphatic heterocycles. The number of anilines is 1. The van der Waals surface area contributed by atoms with Crippen molar-refractivity contribution in [1.82, 2.24) is 0 Å². The van der Waals surface area contributed by atoms with E-state index in [2.05, 4.69) is 31.8 Å². The minimum Gasteiger partial charge on any atom is -0.793 e. The van der Waals surface area contributed by atoms with Crippen molar-refractivity contribution in [1.29, 1.82) is 0 Å². The predicted molar refractivity (Wildman–Crippen MR) is 62.9 cm³/mol. The molecule has 0 aliphatic rings. The number of rotatable bonds is 2. The second kappa shape index (κ2) is 11.0. The summed E-state index contributed by atoms with van der Waals surface area (Å²) in [6.45, 7) is 5.59. The summed E-state index contributed by atoms with van der Waals surface area (Å²) in [4.78, 5) is 0. The van der Waals surface area contributed by atoms with Crippen molar-refractivity contribution in [2.45, 2.75) is 13.3 Å². The summed E-state index contributed by atoms with van der Waals surface area (Å²) in [7, 11) is 1.68. The van der Waals surface area contributed by atoms with Crippen molar-refractivity contribution in [3.05, 3.63) is 36.5 Å². The summed E-state index contributed by atoms with van der Waals surface area (Å²) in [5.74, 6) is 0.630. The van der Waals surface area contributed by atoms with Crippen LogP contribution in [0.3, 0.4) is 0 Å². The van der Waals surface area contributed by atoms with Gasteiger partial charge in [-0.25, -0.2) is 0 Å². The van der Waals surface area contributed by atoms with Gasteiger partial charge in [-0.1, -0.05) is 19.4 Å². The van der Waals surface area contributed by atoms with E-state index in [0.29, 0.717) is 11.3 Å². The minimum absolute atomic E-state index is 0. The molecule has 1 rings (SSSR count). The number of benzene rings is 1. The van der Waals surface area contributed by atoms with E-state index in [1.807, 2.05) is 0 Å². The first-order valence-corrected chi connectivity index (χ1v) is 5.11. The molecule has 0 aliphatic carbocycles. The van der Waals surface area contributed by atoms with Crippen molar-refractivity contribution in [2.75, 3.05) is 18.1 Å². The average Bonchev–Trinajstić information content (AvgIpc) is 2.22. The van der Waals surface area contributed by atoms with Crippen LogP contribution in [0.2, 0.25) is 0 Å². The Balaban J connectivity index is 0. The first kappa shape index (κ1) is 17.9. The van der Waals surface area contributed by atoms with Gasteiger partial charge in [0.25, 0.3) is 0 Å². The number of hydrogen-bond donors (Lipinski definition) is 1. The molecule has 4 heteroatoms. The Hall–Kier alpha value is 0.521. The summed E-state index contributed by atoms with van der Waals surface area (Å²) in [6.07, 6.45) is 1.13. The zero-order valence-electron chi connectivity index (χ0n) is 9.14. The summed E-state index contributed by atoms with van der Waals surface area (Å²) >= 11 is 4.55. The van der Waals surface area contributed by atoms with Crippen LogP contribution in [0.1, 0.15) is 18.9 Å². The fourth-order valence-corrected chi connectivity index (χ4v) is 0.773. The van der Waals surface area contributed by atoms with Crippen LogP contribution in [-0.4, -0.2) is 12.8 Å². The SMILES string of the molecule is CCC[S-].[CH2-]c1cccc(NC)c1F.[Nd]. The maximum absolute atomic E-state index is 12.9. The van der Waals surface area contributed by atoms with Crippen molar-refractivity contribution in [3.63, 3.8) is 0 Å². The zero-order chi connectivity index (χ0) is 11.0. The summed E-state index contributed by atoms with van der Waals surface area (Å²) in [6, 6.07) is 5.07. The molecule has 0 aromatic heterocycles. The zero-order valence-corrected chi connectivity index (χ0v) is 13.2. The molecule has 0 fully saturated rings. The Morgan fingerprint density at radius 2 is 2.00 bits per heavy atom. The molecule has 0 spiro atoms. The van der Waals surface area contributed by atoms with Gasteiger partial charge in [-0.05, 0) is 0 Å². The molecule has 0 heterocycles. The molecule has 0 radical (unpaired) electrons. The molecule has 0 amide bonds. The van der Waals surface area contributed by atoms with Gasteiger partial charge in [-0.15, -0.1) is 6.07 Å². The normalized spacial score (nSPS) is 8.27. The third kappa shape index (κ3) is 7.42. The molecule has 1 aromatic carbocycles. The Morgan fingerprint density at radius 3 is 2.33 bits per heavy atom. The fraction of sp³-hybridized carbons (Fsp3) is 0.364. The van der Waals surface area contributed by atoms with Crippen LogP contribution in [0, 0.1) is 53.6 Å². The molecule has 1 nitrogen and oxygen atoms in total. The smallest absolute Gasteiger partial charge is 0.0384 e. The standard InChI is InChI=1S/C8H9FN.C3H8S.Nd/c1-6-4-3-5-7(10-2)8(6)9;1-2-3-4;/h3-5,10H,1H2,2H3;4H,2-3H2,1H3;/q-1;;/p-1. The maximum atomic E-state index is 12.9. The molecule has 15 heavy (non-hydrogen) atoms. The summed E-state index contributed by atoms with van der Waals surface area (Å²) in [5.41, 5.74) is 0.916. The van der Waals surface area contributed by atoms with E-state index < -0.39 is 0 Å².